The summed E-state index contributed by atoms with van der Waals surface area (Å²) in [6.07, 6.45) is 1.87. The number of guanidine groups is 1. The minimum Gasteiger partial charge on any atom is -0.387 e. The lowest BCUT2D eigenvalue weighted by Crippen LogP contribution is -2.52. The fraction of sp³-hybridized carbons (Fsp3) is 0.727. The number of nitrogens with zero attached hydrogens (tertiary/aromatic N) is 5. The summed E-state index contributed by atoms with van der Waals surface area (Å²) in [4.78, 5) is 16.2. The second-order valence-electron chi connectivity index (χ2n) is 8.75. The fourth-order valence-electron chi connectivity index (χ4n) is 3.85. The number of ether oxygens (including phenoxy) is 1. The van der Waals surface area contributed by atoms with Crippen LogP contribution >= 0.6 is 24.0 Å². The van der Waals surface area contributed by atoms with Crippen molar-refractivity contribution >= 4 is 35.8 Å². The van der Waals surface area contributed by atoms with Crippen molar-refractivity contribution in [2.24, 2.45) is 4.99 Å². The van der Waals surface area contributed by atoms with Gasteiger partial charge in [0.05, 0.1) is 25.4 Å². The van der Waals surface area contributed by atoms with Crippen molar-refractivity contribution in [2.75, 3.05) is 84.1 Å². The van der Waals surface area contributed by atoms with Gasteiger partial charge in [-0.25, -0.2) is 9.98 Å². The van der Waals surface area contributed by atoms with Crippen LogP contribution in [0.5, 0.6) is 0 Å². The first-order valence-corrected chi connectivity index (χ1v) is 11.4. The van der Waals surface area contributed by atoms with Crippen molar-refractivity contribution in [1.29, 1.82) is 0 Å². The molecule has 2 fully saturated rings. The number of aliphatic imine (C=N–C) groups is 1. The van der Waals surface area contributed by atoms with Crippen molar-refractivity contribution in [1.82, 2.24) is 25.4 Å². The highest BCUT2D eigenvalue weighted by Gasteiger charge is 2.25. The lowest BCUT2D eigenvalue weighted by molar-refractivity contribution is -0.0201. The second-order valence-corrected chi connectivity index (χ2v) is 8.75. The van der Waals surface area contributed by atoms with E-state index >= 15 is 0 Å². The molecule has 3 heterocycles. The van der Waals surface area contributed by atoms with E-state index in [1.54, 1.807) is 0 Å². The average molecular weight is 562 g/mol. The maximum Gasteiger partial charge on any atom is 0.191 e. The highest BCUT2D eigenvalue weighted by Crippen LogP contribution is 2.15. The van der Waals surface area contributed by atoms with Gasteiger partial charge in [0.1, 0.15) is 5.82 Å². The number of morpholine rings is 1. The molecular weight excluding hydrogens is 521 g/mol. The largest absolute Gasteiger partial charge is 0.387 e. The number of rotatable bonds is 8. The van der Waals surface area contributed by atoms with E-state index in [1.165, 1.54) is 0 Å². The minimum absolute atomic E-state index is 0. The molecule has 0 spiro atoms. The Morgan fingerprint density at radius 2 is 1.91 bits per heavy atom. The van der Waals surface area contributed by atoms with Gasteiger partial charge >= 0.3 is 0 Å². The zero-order valence-corrected chi connectivity index (χ0v) is 22.0. The Kier molecular flexibility index (Phi) is 11.4. The van der Waals surface area contributed by atoms with Crippen LogP contribution in [-0.4, -0.2) is 111 Å². The molecule has 32 heavy (non-hydrogen) atoms. The maximum absolute atomic E-state index is 10.8. The lowest BCUT2D eigenvalue weighted by Gasteiger charge is -2.34. The highest BCUT2D eigenvalue weighted by atomic mass is 127. The zero-order chi connectivity index (χ0) is 22.1. The molecule has 0 bridgehead atoms. The van der Waals surface area contributed by atoms with Gasteiger partial charge in [-0.05, 0) is 38.6 Å². The molecule has 2 saturated heterocycles. The average Bonchev–Trinajstić information content (AvgIpc) is 2.77. The lowest BCUT2D eigenvalue weighted by atomic mass is 10.1. The Hall–Kier alpha value is -1.21. The molecule has 0 saturated carbocycles. The van der Waals surface area contributed by atoms with Gasteiger partial charge < -0.3 is 30.3 Å². The molecule has 0 aromatic carbocycles. The Balaban J connectivity index is 0.00000363. The van der Waals surface area contributed by atoms with E-state index in [9.17, 15) is 5.11 Å². The van der Waals surface area contributed by atoms with E-state index in [4.69, 9.17) is 9.73 Å². The summed E-state index contributed by atoms with van der Waals surface area (Å²) < 4.78 is 5.39. The number of piperazine rings is 1. The molecule has 0 radical (unpaired) electrons. The predicted molar refractivity (Wildman–Crippen MR) is 140 cm³/mol. The summed E-state index contributed by atoms with van der Waals surface area (Å²) in [6.45, 7) is 13.6. The van der Waals surface area contributed by atoms with Gasteiger partial charge in [0, 0.05) is 65.1 Å². The van der Waals surface area contributed by atoms with Crippen LogP contribution in [-0.2, 0) is 11.3 Å². The van der Waals surface area contributed by atoms with Crippen molar-refractivity contribution in [3.63, 3.8) is 0 Å². The Labute approximate surface area is 209 Å². The van der Waals surface area contributed by atoms with E-state index in [0.717, 1.165) is 70.4 Å². The van der Waals surface area contributed by atoms with Gasteiger partial charge in [0.2, 0.25) is 0 Å². The first-order valence-electron chi connectivity index (χ1n) is 11.4. The summed E-state index contributed by atoms with van der Waals surface area (Å²) >= 11 is 0. The predicted octanol–water partition coefficient (Wildman–Crippen LogP) is 0.590. The topological polar surface area (TPSA) is 88.5 Å². The van der Waals surface area contributed by atoms with Gasteiger partial charge in [-0.3, -0.25) is 4.90 Å². The van der Waals surface area contributed by atoms with Crippen LogP contribution in [0.15, 0.2) is 23.3 Å². The van der Waals surface area contributed by atoms with Crippen LogP contribution in [0.25, 0.3) is 0 Å². The van der Waals surface area contributed by atoms with Gasteiger partial charge in [0.25, 0.3) is 0 Å². The van der Waals surface area contributed by atoms with Gasteiger partial charge in [-0.1, -0.05) is 0 Å². The summed E-state index contributed by atoms with van der Waals surface area (Å²) in [5.74, 6) is 1.73. The number of aliphatic hydroxyl groups is 1. The molecular formula is C22H40IN7O2. The molecule has 3 rings (SSSR count). The Bertz CT molecular complexity index is 705. The number of aromatic nitrogens is 1. The third kappa shape index (κ3) is 8.97. The van der Waals surface area contributed by atoms with Crippen molar-refractivity contribution in [3.8, 4) is 0 Å². The molecule has 10 heteroatoms. The standard InChI is InChI=1S/C22H39N7O2.HI/c1-4-23-21(26-17-22(2,30)18-28-11-13-31-14-12-28)25-16-19-5-6-24-20(15-19)29-9-7-27(3)8-10-29;/h5-6,15,30H,4,7-14,16-18H2,1-3H3,(H2,23,25,26);1H. The van der Waals surface area contributed by atoms with Crippen LogP contribution in [0.4, 0.5) is 5.82 Å². The van der Waals surface area contributed by atoms with E-state index in [0.29, 0.717) is 25.6 Å². The molecule has 2 aliphatic rings. The first kappa shape index (κ1) is 27.0. The van der Waals surface area contributed by atoms with Gasteiger partial charge in [-0.15, -0.1) is 24.0 Å². The van der Waals surface area contributed by atoms with Crippen LogP contribution in [0.3, 0.4) is 0 Å². The molecule has 0 amide bonds. The van der Waals surface area contributed by atoms with E-state index in [-0.39, 0.29) is 24.0 Å². The molecule has 3 N–H and O–H groups in total. The molecule has 1 unspecified atom stereocenters. The van der Waals surface area contributed by atoms with Crippen LogP contribution < -0.4 is 15.5 Å². The van der Waals surface area contributed by atoms with Gasteiger partial charge in [0.15, 0.2) is 5.96 Å². The summed E-state index contributed by atoms with van der Waals surface area (Å²) in [5.41, 5.74) is 0.278. The quantitative estimate of drug-likeness (QED) is 0.242. The Morgan fingerprint density at radius 1 is 1.19 bits per heavy atom. The number of likely N-dealkylation sites (N-methyl/N-ethyl adjacent to an activating group) is 1. The number of hydrogen-bond donors (Lipinski definition) is 3. The normalized spacial score (nSPS) is 20.4. The van der Waals surface area contributed by atoms with E-state index in [1.807, 2.05) is 26.1 Å². The Morgan fingerprint density at radius 3 is 2.59 bits per heavy atom. The third-order valence-corrected chi connectivity index (χ3v) is 5.71. The molecule has 182 valence electrons. The summed E-state index contributed by atoms with van der Waals surface area (Å²) in [5, 5.41) is 17.4. The molecule has 1 atom stereocenters. The first-order chi connectivity index (χ1) is 14.9. The number of anilines is 1. The van der Waals surface area contributed by atoms with Crippen molar-refractivity contribution < 1.29 is 9.84 Å². The number of β-amino-alcohol motifs (C(OH)–C–C–N with tert-alkyl or cyclic N) is 1. The highest BCUT2D eigenvalue weighted by molar-refractivity contribution is 14.0. The second kappa shape index (κ2) is 13.5. The molecule has 1 aromatic heterocycles. The molecule has 2 aliphatic heterocycles. The van der Waals surface area contributed by atoms with Crippen LogP contribution in [0.1, 0.15) is 19.4 Å². The fourth-order valence-corrected chi connectivity index (χ4v) is 3.85. The molecule has 9 nitrogen and oxygen atoms in total. The van der Waals surface area contributed by atoms with Crippen LogP contribution in [0.2, 0.25) is 0 Å². The summed E-state index contributed by atoms with van der Waals surface area (Å²) in [7, 11) is 2.16. The van der Waals surface area contributed by atoms with E-state index < -0.39 is 5.60 Å². The molecule has 1 aromatic rings. The minimum atomic E-state index is -0.848. The number of halogens is 1. The smallest absolute Gasteiger partial charge is 0.191 e. The number of hydrogen-bond acceptors (Lipinski definition) is 7. The van der Waals surface area contributed by atoms with Crippen LogP contribution in [0, 0.1) is 0 Å². The van der Waals surface area contributed by atoms with Crippen molar-refractivity contribution in [2.45, 2.75) is 26.0 Å². The molecule has 0 aliphatic carbocycles. The number of nitrogens with one attached hydrogen (secondary N) is 2. The third-order valence-electron chi connectivity index (χ3n) is 5.71. The summed E-state index contributed by atoms with van der Waals surface area (Å²) in [6, 6.07) is 4.15. The zero-order valence-electron chi connectivity index (χ0n) is 19.7. The van der Waals surface area contributed by atoms with E-state index in [2.05, 4.69) is 43.4 Å². The maximum atomic E-state index is 10.8. The van der Waals surface area contributed by atoms with Gasteiger partial charge in [-0.2, -0.15) is 0 Å². The monoisotopic (exact) mass is 561 g/mol. The SMILES string of the molecule is CCNC(=NCc1ccnc(N2CCN(C)CC2)c1)NCC(C)(O)CN1CCOCC1.I. The van der Waals surface area contributed by atoms with Crippen molar-refractivity contribution in [3.05, 3.63) is 23.9 Å². The number of pyridine rings is 1.